The van der Waals surface area contributed by atoms with Crippen LogP contribution in [0.1, 0.15) is 16.1 Å². The molecule has 0 spiro atoms. The highest BCUT2D eigenvalue weighted by molar-refractivity contribution is 5.94. The summed E-state index contributed by atoms with van der Waals surface area (Å²) < 4.78 is 68.5. The van der Waals surface area contributed by atoms with Gasteiger partial charge in [-0.1, -0.05) is 6.07 Å². The van der Waals surface area contributed by atoms with E-state index in [2.05, 4.69) is 16.0 Å². The minimum absolute atomic E-state index is 0.0967. The third-order valence-corrected chi connectivity index (χ3v) is 5.21. The maximum Gasteiger partial charge on any atom is 0.490 e. The van der Waals surface area contributed by atoms with Crippen molar-refractivity contribution in [1.82, 2.24) is 14.8 Å². The molecule has 0 bridgehead atoms. The van der Waals surface area contributed by atoms with Crippen LogP contribution in [0.3, 0.4) is 0 Å². The van der Waals surface area contributed by atoms with Gasteiger partial charge >= 0.3 is 24.3 Å². The molecule has 9 nitrogen and oxygen atoms in total. The Kier molecular flexibility index (Phi) is 9.44. The van der Waals surface area contributed by atoms with Crippen LogP contribution in [0.5, 0.6) is 0 Å². The maximum absolute atomic E-state index is 12.4. The van der Waals surface area contributed by atoms with E-state index in [9.17, 15) is 31.1 Å². The molecule has 0 aromatic carbocycles. The van der Waals surface area contributed by atoms with Gasteiger partial charge in [0.1, 0.15) is 6.26 Å². The lowest BCUT2D eigenvalue weighted by Crippen LogP contribution is -2.33. The van der Waals surface area contributed by atoms with Gasteiger partial charge in [0.2, 0.25) is 0 Å². The molecule has 1 amide bonds. The molecule has 2 aromatic heterocycles. The molecule has 2 saturated heterocycles. The molecule has 36 heavy (non-hydrogen) atoms. The number of alkyl halides is 6. The zero-order valence-corrected chi connectivity index (χ0v) is 18.4. The number of fused-ring (bicyclic) bond motifs is 1. The second kappa shape index (κ2) is 11.9. The van der Waals surface area contributed by atoms with Crippen LogP contribution in [0, 0.1) is 11.8 Å². The number of likely N-dealkylation sites (tertiary alicyclic amines) is 2. The lowest BCUT2D eigenvalue weighted by Gasteiger charge is -2.21. The first kappa shape index (κ1) is 28.6. The summed E-state index contributed by atoms with van der Waals surface area (Å²) in [5.41, 5.74) is 1.78. The highest BCUT2D eigenvalue weighted by atomic mass is 19.4. The second-order valence-electron chi connectivity index (χ2n) is 7.86. The van der Waals surface area contributed by atoms with Crippen LogP contribution >= 0.6 is 0 Å². The van der Waals surface area contributed by atoms with Crippen molar-refractivity contribution in [2.75, 3.05) is 26.2 Å². The molecule has 2 unspecified atom stereocenters. The number of amides is 1. The zero-order valence-electron chi connectivity index (χ0n) is 18.4. The highest BCUT2D eigenvalue weighted by Crippen LogP contribution is 2.32. The molecule has 0 saturated carbocycles. The van der Waals surface area contributed by atoms with Crippen LogP contribution < -0.4 is 0 Å². The van der Waals surface area contributed by atoms with E-state index in [1.165, 1.54) is 6.26 Å². The largest absolute Gasteiger partial charge is 0.490 e. The summed E-state index contributed by atoms with van der Waals surface area (Å²) in [4.78, 5) is 39.0. The molecule has 2 atom stereocenters. The van der Waals surface area contributed by atoms with Crippen molar-refractivity contribution in [1.29, 1.82) is 0 Å². The normalized spacial score (nSPS) is 19.4. The first-order chi connectivity index (χ1) is 16.7. The number of hydrogen-bond donors (Lipinski definition) is 2. The van der Waals surface area contributed by atoms with Crippen molar-refractivity contribution in [3.8, 4) is 0 Å². The van der Waals surface area contributed by atoms with Crippen LogP contribution in [0.2, 0.25) is 0 Å². The predicted molar refractivity (Wildman–Crippen MR) is 108 cm³/mol. The summed E-state index contributed by atoms with van der Waals surface area (Å²) in [5.74, 6) is -4.25. The molecule has 2 fully saturated rings. The molecular weight excluding hydrogens is 504 g/mol. The minimum atomic E-state index is -5.08. The van der Waals surface area contributed by atoms with Crippen LogP contribution in [0.25, 0.3) is 0 Å². The summed E-state index contributed by atoms with van der Waals surface area (Å²) in [5, 5.41) is 14.2. The fourth-order valence-electron chi connectivity index (χ4n) is 3.67. The van der Waals surface area contributed by atoms with Gasteiger partial charge in [-0.3, -0.25) is 14.7 Å². The van der Waals surface area contributed by atoms with Gasteiger partial charge in [0.25, 0.3) is 5.91 Å². The monoisotopic (exact) mass is 525 g/mol. The van der Waals surface area contributed by atoms with E-state index in [0.717, 1.165) is 38.4 Å². The third-order valence-electron chi connectivity index (χ3n) is 5.21. The van der Waals surface area contributed by atoms with Crippen LogP contribution in [0.4, 0.5) is 26.3 Å². The van der Waals surface area contributed by atoms with E-state index < -0.39 is 24.3 Å². The molecule has 4 rings (SSSR count). The lowest BCUT2D eigenvalue weighted by molar-refractivity contribution is -0.193. The van der Waals surface area contributed by atoms with E-state index in [4.69, 9.17) is 24.2 Å². The SMILES string of the molecule is O=C(O)C(F)(F)F.O=C(O)C(F)(F)F.O=C(c1ccoc1)N1CC2CN(Cc3ccccn3)CC2C1. The van der Waals surface area contributed by atoms with Crippen molar-refractivity contribution in [2.45, 2.75) is 18.9 Å². The number of carboxylic acid groups (broad SMARTS) is 2. The Morgan fingerprint density at radius 1 is 0.917 bits per heavy atom. The number of hydrogen-bond acceptors (Lipinski definition) is 6. The van der Waals surface area contributed by atoms with Gasteiger partial charge in [0.05, 0.1) is 17.5 Å². The lowest BCUT2D eigenvalue weighted by atomic mass is 10.0. The Hall–Kier alpha value is -3.62. The van der Waals surface area contributed by atoms with Gasteiger partial charge in [-0.05, 0) is 30.0 Å². The summed E-state index contributed by atoms with van der Waals surface area (Å²) in [6, 6.07) is 7.79. The van der Waals surface area contributed by atoms with E-state index in [1.54, 1.807) is 12.3 Å². The average molecular weight is 525 g/mol. The summed E-state index contributed by atoms with van der Waals surface area (Å²) >= 11 is 0. The zero-order chi connectivity index (χ0) is 27.1. The Morgan fingerprint density at radius 2 is 1.44 bits per heavy atom. The Bertz CT molecular complexity index is 975. The number of carbonyl (C=O) groups excluding carboxylic acids is 1. The Morgan fingerprint density at radius 3 is 1.83 bits per heavy atom. The Balaban J connectivity index is 0.000000271. The number of aliphatic carboxylic acids is 2. The number of nitrogens with zero attached hydrogens (tertiary/aromatic N) is 3. The Labute approximate surface area is 199 Å². The molecule has 2 aromatic rings. The van der Waals surface area contributed by atoms with Crippen LogP contribution in [0.15, 0.2) is 47.4 Å². The topological polar surface area (TPSA) is 124 Å². The number of rotatable bonds is 3. The molecular formula is C21H21F6N3O6. The summed E-state index contributed by atoms with van der Waals surface area (Å²) in [7, 11) is 0. The number of carbonyl (C=O) groups is 3. The molecule has 4 heterocycles. The smallest absolute Gasteiger partial charge is 0.475 e. The van der Waals surface area contributed by atoms with Crippen LogP contribution in [-0.2, 0) is 16.1 Å². The van der Waals surface area contributed by atoms with Gasteiger partial charge in [0.15, 0.2) is 0 Å². The number of halogens is 6. The molecule has 2 aliphatic rings. The number of pyridine rings is 1. The number of furan rings is 1. The van der Waals surface area contributed by atoms with E-state index in [1.807, 2.05) is 23.2 Å². The van der Waals surface area contributed by atoms with Crippen molar-refractivity contribution in [2.24, 2.45) is 11.8 Å². The standard InChI is InChI=1S/C17H19N3O2.2C2HF3O2/c21-17(13-4-6-22-12-13)20-9-14-7-19(8-15(14)10-20)11-16-3-1-2-5-18-16;2*3-2(4,5)1(6)7/h1-6,12,14-15H,7-11H2;2*(H,6,7). The van der Waals surface area contributed by atoms with Gasteiger partial charge in [0, 0.05) is 38.9 Å². The maximum atomic E-state index is 12.4. The van der Waals surface area contributed by atoms with Crippen LogP contribution in [-0.4, -0.2) is 81.4 Å². The van der Waals surface area contributed by atoms with Crippen molar-refractivity contribution < 1.29 is 55.4 Å². The van der Waals surface area contributed by atoms with Gasteiger partial charge in [-0.2, -0.15) is 26.3 Å². The van der Waals surface area contributed by atoms with E-state index in [0.29, 0.717) is 17.4 Å². The van der Waals surface area contributed by atoms with Crippen molar-refractivity contribution in [3.05, 3.63) is 54.2 Å². The third kappa shape index (κ3) is 8.55. The number of carboxylic acids is 2. The minimum Gasteiger partial charge on any atom is -0.475 e. The fraction of sp³-hybridized carbons (Fsp3) is 0.429. The highest BCUT2D eigenvalue weighted by Gasteiger charge is 2.42. The molecule has 15 heteroatoms. The van der Waals surface area contributed by atoms with Crippen molar-refractivity contribution in [3.63, 3.8) is 0 Å². The molecule has 0 aliphatic carbocycles. The molecule has 2 N–H and O–H groups in total. The quantitative estimate of drug-likeness (QED) is 0.586. The molecule has 0 radical (unpaired) electrons. The van der Waals surface area contributed by atoms with Gasteiger partial charge < -0.3 is 19.5 Å². The van der Waals surface area contributed by atoms with Crippen molar-refractivity contribution >= 4 is 17.8 Å². The second-order valence-corrected chi connectivity index (χ2v) is 7.86. The molecule has 198 valence electrons. The van der Waals surface area contributed by atoms with E-state index >= 15 is 0 Å². The first-order valence-corrected chi connectivity index (χ1v) is 10.2. The van der Waals surface area contributed by atoms with Gasteiger partial charge in [-0.15, -0.1) is 0 Å². The first-order valence-electron chi connectivity index (χ1n) is 10.2. The predicted octanol–water partition coefficient (Wildman–Crippen LogP) is 3.15. The van der Waals surface area contributed by atoms with E-state index in [-0.39, 0.29) is 5.91 Å². The fourth-order valence-corrected chi connectivity index (χ4v) is 3.67. The van der Waals surface area contributed by atoms with Gasteiger partial charge in [-0.25, -0.2) is 9.59 Å². The number of aromatic nitrogens is 1. The average Bonchev–Trinajstić information content (AvgIpc) is 3.50. The summed E-state index contributed by atoms with van der Waals surface area (Å²) in [6.07, 6.45) is -5.24. The molecule has 2 aliphatic heterocycles. The summed E-state index contributed by atoms with van der Waals surface area (Å²) in [6.45, 7) is 4.72.